The Hall–Kier alpha value is -1.33. The van der Waals surface area contributed by atoms with E-state index in [2.05, 4.69) is 5.32 Å². The first kappa shape index (κ1) is 15.7. The monoisotopic (exact) mass is 275 g/mol. The van der Waals surface area contributed by atoms with Crippen molar-refractivity contribution >= 4 is 12.1 Å². The van der Waals surface area contributed by atoms with Gasteiger partial charge in [0.2, 0.25) is 0 Å². The molecule has 19 heavy (non-hydrogen) atoms. The van der Waals surface area contributed by atoms with Crippen molar-refractivity contribution in [3.8, 4) is 0 Å². The summed E-state index contributed by atoms with van der Waals surface area (Å²) in [7, 11) is 0. The minimum Gasteiger partial charge on any atom is -0.480 e. The molecule has 5 nitrogen and oxygen atoms in total. The van der Waals surface area contributed by atoms with Crippen molar-refractivity contribution in [1.29, 1.82) is 0 Å². The number of ether oxygens (including phenoxy) is 1. The van der Waals surface area contributed by atoms with E-state index in [0.717, 1.165) is 12.8 Å². The lowest BCUT2D eigenvalue weighted by molar-refractivity contribution is -0.140. The first-order valence-electron chi connectivity index (χ1n) is 6.75. The lowest BCUT2D eigenvalue weighted by atomic mass is 9.95. The van der Waals surface area contributed by atoms with Gasteiger partial charge in [-0.05, 0) is 26.2 Å². The summed E-state index contributed by atoms with van der Waals surface area (Å²) >= 11 is 0. The van der Waals surface area contributed by atoms with Gasteiger partial charge in [-0.2, -0.15) is 0 Å². The molecular weight excluding hydrogens is 253 g/mol. The van der Waals surface area contributed by atoms with Crippen LogP contribution in [0.25, 0.3) is 0 Å². The van der Waals surface area contributed by atoms with Crippen LogP contribution in [-0.2, 0) is 9.53 Å². The highest BCUT2D eigenvalue weighted by atomic mass is 19.1. The highest BCUT2D eigenvalue weighted by Crippen LogP contribution is 2.37. The zero-order chi connectivity index (χ0) is 14.5. The molecule has 1 saturated carbocycles. The number of hydrogen-bond donors (Lipinski definition) is 2. The van der Waals surface area contributed by atoms with Crippen LogP contribution in [0, 0.1) is 0 Å². The Morgan fingerprint density at radius 1 is 1.42 bits per heavy atom. The average molecular weight is 275 g/mol. The molecule has 2 N–H and O–H groups in total. The predicted molar refractivity (Wildman–Crippen MR) is 67.7 cm³/mol. The van der Waals surface area contributed by atoms with Gasteiger partial charge in [-0.25, -0.2) is 14.0 Å². The summed E-state index contributed by atoms with van der Waals surface area (Å²) in [5, 5.41) is 11.3. The highest BCUT2D eigenvalue weighted by Gasteiger charge is 2.39. The summed E-state index contributed by atoms with van der Waals surface area (Å²) in [5.74, 6) is -1.23. The Bertz CT molecular complexity index is 329. The van der Waals surface area contributed by atoms with Crippen molar-refractivity contribution in [3.05, 3.63) is 0 Å². The number of halogens is 1. The average Bonchev–Trinajstić information content (AvgIpc) is 2.74. The van der Waals surface area contributed by atoms with E-state index in [1.54, 1.807) is 6.92 Å². The fourth-order valence-electron chi connectivity index (χ4n) is 2.22. The fourth-order valence-corrected chi connectivity index (χ4v) is 2.22. The number of alkyl carbamates (subject to hydrolysis) is 1. The third-order valence-electron chi connectivity index (χ3n) is 3.54. The molecule has 0 spiro atoms. The van der Waals surface area contributed by atoms with Crippen LogP contribution < -0.4 is 5.32 Å². The lowest BCUT2D eigenvalue weighted by Gasteiger charge is -2.24. The normalized spacial score (nSPS) is 20.6. The summed E-state index contributed by atoms with van der Waals surface area (Å²) in [6.07, 6.45) is 1.59. The maximum absolute atomic E-state index is 14.2. The number of hydrogen-bond acceptors (Lipinski definition) is 3. The van der Waals surface area contributed by atoms with E-state index in [-0.39, 0.29) is 12.5 Å². The van der Waals surface area contributed by atoms with Crippen molar-refractivity contribution in [2.45, 2.75) is 70.2 Å². The van der Waals surface area contributed by atoms with Gasteiger partial charge in [-0.15, -0.1) is 0 Å². The number of carboxylic acids is 1. The van der Waals surface area contributed by atoms with Crippen LogP contribution in [0.4, 0.5) is 9.18 Å². The van der Waals surface area contributed by atoms with Crippen molar-refractivity contribution < 1.29 is 23.8 Å². The van der Waals surface area contributed by atoms with Gasteiger partial charge >= 0.3 is 12.1 Å². The van der Waals surface area contributed by atoms with E-state index in [1.807, 2.05) is 6.92 Å². The van der Waals surface area contributed by atoms with Gasteiger partial charge in [0.15, 0.2) is 0 Å². The van der Waals surface area contributed by atoms with Gasteiger partial charge in [-0.3, -0.25) is 0 Å². The summed E-state index contributed by atoms with van der Waals surface area (Å²) in [6.45, 7) is 3.56. The zero-order valence-electron chi connectivity index (χ0n) is 11.4. The third-order valence-corrected chi connectivity index (χ3v) is 3.54. The molecule has 0 aromatic carbocycles. The van der Waals surface area contributed by atoms with Crippen LogP contribution >= 0.6 is 0 Å². The van der Waals surface area contributed by atoms with Crippen LogP contribution in [0.2, 0.25) is 0 Å². The molecule has 0 bridgehead atoms. The summed E-state index contributed by atoms with van der Waals surface area (Å²) in [6, 6.07) is -1.24. The number of rotatable bonds is 6. The molecule has 0 aliphatic heterocycles. The molecule has 2 unspecified atom stereocenters. The van der Waals surface area contributed by atoms with Crippen molar-refractivity contribution in [3.63, 3.8) is 0 Å². The van der Waals surface area contributed by atoms with Gasteiger partial charge in [0.25, 0.3) is 0 Å². The van der Waals surface area contributed by atoms with E-state index < -0.39 is 23.8 Å². The lowest BCUT2D eigenvalue weighted by Crippen LogP contribution is -2.45. The fraction of sp³-hybridized carbons (Fsp3) is 0.846. The smallest absolute Gasteiger partial charge is 0.408 e. The quantitative estimate of drug-likeness (QED) is 0.781. The minimum absolute atomic E-state index is 0.196. The maximum atomic E-state index is 14.2. The second-order valence-corrected chi connectivity index (χ2v) is 5.22. The molecule has 110 valence electrons. The standard InChI is InChI=1S/C13H22FNO4/c1-3-9(2)19-12(18)15-10(11(16)17)8-13(14)6-4-5-7-13/h9-10H,3-8H2,1-2H3,(H,15,18)(H,16,17). The van der Waals surface area contributed by atoms with Gasteiger partial charge in [0.05, 0.1) is 0 Å². The topological polar surface area (TPSA) is 75.6 Å². The van der Waals surface area contributed by atoms with Gasteiger partial charge in [0.1, 0.15) is 17.8 Å². The number of aliphatic carboxylic acids is 1. The van der Waals surface area contributed by atoms with Gasteiger partial charge in [-0.1, -0.05) is 19.8 Å². The van der Waals surface area contributed by atoms with E-state index in [9.17, 15) is 14.0 Å². The largest absolute Gasteiger partial charge is 0.480 e. The summed E-state index contributed by atoms with van der Waals surface area (Å²) < 4.78 is 19.2. The number of carbonyl (C=O) groups excluding carboxylic acids is 1. The van der Waals surface area contributed by atoms with E-state index in [0.29, 0.717) is 19.3 Å². The Morgan fingerprint density at radius 3 is 2.47 bits per heavy atom. The first-order chi connectivity index (χ1) is 8.86. The minimum atomic E-state index is -1.48. The van der Waals surface area contributed by atoms with Crippen molar-refractivity contribution in [1.82, 2.24) is 5.32 Å². The molecule has 1 aliphatic rings. The van der Waals surface area contributed by atoms with E-state index >= 15 is 0 Å². The molecule has 1 fully saturated rings. The van der Waals surface area contributed by atoms with Crippen molar-refractivity contribution in [2.24, 2.45) is 0 Å². The molecule has 0 aromatic heterocycles. The van der Waals surface area contributed by atoms with Gasteiger partial charge in [0, 0.05) is 6.42 Å². The van der Waals surface area contributed by atoms with Crippen molar-refractivity contribution in [2.75, 3.05) is 0 Å². The Kier molecular flexibility index (Phi) is 5.57. The van der Waals surface area contributed by atoms with Crippen LogP contribution in [0.5, 0.6) is 0 Å². The summed E-state index contributed by atoms with van der Waals surface area (Å²) in [4.78, 5) is 22.6. The first-order valence-corrected chi connectivity index (χ1v) is 6.75. The number of nitrogens with one attached hydrogen (secondary N) is 1. The van der Waals surface area contributed by atoms with Crippen LogP contribution in [0.1, 0.15) is 52.4 Å². The van der Waals surface area contributed by atoms with Crippen LogP contribution in [0.15, 0.2) is 0 Å². The Balaban J connectivity index is 2.53. The highest BCUT2D eigenvalue weighted by molar-refractivity contribution is 5.80. The summed E-state index contributed by atoms with van der Waals surface area (Å²) in [5.41, 5.74) is -1.48. The third kappa shape index (κ3) is 5.04. The van der Waals surface area contributed by atoms with E-state index in [4.69, 9.17) is 9.84 Å². The number of amides is 1. The SMILES string of the molecule is CCC(C)OC(=O)NC(CC1(F)CCCC1)C(=O)O. The second-order valence-electron chi connectivity index (χ2n) is 5.22. The molecular formula is C13H22FNO4. The molecule has 0 aromatic rings. The van der Waals surface area contributed by atoms with Crippen LogP contribution in [0.3, 0.4) is 0 Å². The predicted octanol–water partition coefficient (Wildman–Crippen LogP) is 2.64. The molecule has 1 amide bonds. The number of carbonyl (C=O) groups is 2. The van der Waals surface area contributed by atoms with E-state index in [1.165, 1.54) is 0 Å². The molecule has 1 aliphatic carbocycles. The number of alkyl halides is 1. The molecule has 0 heterocycles. The Labute approximate surface area is 112 Å². The van der Waals surface area contributed by atoms with Gasteiger partial charge < -0.3 is 15.2 Å². The molecule has 0 radical (unpaired) electrons. The Morgan fingerprint density at radius 2 is 2.00 bits per heavy atom. The molecule has 6 heteroatoms. The van der Waals surface area contributed by atoms with Crippen LogP contribution in [-0.4, -0.2) is 35.0 Å². The zero-order valence-corrected chi connectivity index (χ0v) is 11.4. The molecule has 0 saturated heterocycles. The molecule has 1 rings (SSSR count). The second kappa shape index (κ2) is 6.73. The number of carboxylic acid groups (broad SMARTS) is 1. The maximum Gasteiger partial charge on any atom is 0.408 e. The molecule has 2 atom stereocenters.